The number of thiazole rings is 1. The zero-order valence-electron chi connectivity index (χ0n) is 11.2. The average Bonchev–Trinajstić information content (AvgIpc) is 2.90. The van der Waals surface area contributed by atoms with Gasteiger partial charge in [0.2, 0.25) is 0 Å². The van der Waals surface area contributed by atoms with Gasteiger partial charge in [0.25, 0.3) is 5.69 Å². The van der Waals surface area contributed by atoms with Crippen LogP contribution >= 0.6 is 11.3 Å². The monoisotopic (exact) mass is 299 g/mol. The Kier molecular flexibility index (Phi) is 3.89. The summed E-state index contributed by atoms with van der Waals surface area (Å²) >= 11 is 1.64. The third kappa shape index (κ3) is 3.07. The second kappa shape index (κ2) is 5.99. The Labute approximate surface area is 125 Å². The molecule has 106 valence electrons. The van der Waals surface area contributed by atoms with Crippen LogP contribution in [-0.4, -0.2) is 9.91 Å². The first kappa shape index (κ1) is 13.7. The van der Waals surface area contributed by atoms with Gasteiger partial charge in [-0.25, -0.2) is 4.98 Å². The van der Waals surface area contributed by atoms with Crippen LogP contribution < -0.4 is 5.32 Å². The van der Waals surface area contributed by atoms with E-state index in [9.17, 15) is 10.1 Å². The van der Waals surface area contributed by atoms with E-state index >= 15 is 0 Å². The van der Waals surface area contributed by atoms with Gasteiger partial charge in [0.1, 0.15) is 5.01 Å². The normalized spacial score (nSPS) is 10.9. The lowest BCUT2D eigenvalue weighted by Crippen LogP contribution is -2.13. The van der Waals surface area contributed by atoms with Crippen LogP contribution in [0.1, 0.15) is 10.6 Å². The molecule has 0 aliphatic carbocycles. The molecule has 0 aliphatic rings. The first-order chi connectivity index (χ1) is 10.2. The standard InChI is InChI=1S/C15H13N3O2S/c19-18(20)13-7-3-1-5-11(13)9-16-10-15-17-12-6-2-4-8-14(12)21-15/h1-8,16H,9-10H2. The van der Waals surface area contributed by atoms with Crippen molar-refractivity contribution in [3.8, 4) is 0 Å². The van der Waals surface area contributed by atoms with E-state index in [0.29, 0.717) is 18.7 Å². The van der Waals surface area contributed by atoms with Crippen LogP contribution in [0.4, 0.5) is 5.69 Å². The molecule has 2 aromatic carbocycles. The van der Waals surface area contributed by atoms with Crippen molar-refractivity contribution in [1.82, 2.24) is 10.3 Å². The molecule has 3 rings (SSSR count). The maximum atomic E-state index is 10.9. The summed E-state index contributed by atoms with van der Waals surface area (Å²) in [5.41, 5.74) is 1.82. The van der Waals surface area contributed by atoms with E-state index in [1.165, 1.54) is 6.07 Å². The van der Waals surface area contributed by atoms with E-state index in [-0.39, 0.29) is 10.6 Å². The second-order valence-electron chi connectivity index (χ2n) is 4.56. The number of para-hydroxylation sites is 2. The van der Waals surface area contributed by atoms with Gasteiger partial charge < -0.3 is 5.32 Å². The Bertz CT molecular complexity index is 752. The average molecular weight is 299 g/mol. The molecule has 0 atom stereocenters. The largest absolute Gasteiger partial charge is 0.306 e. The minimum absolute atomic E-state index is 0.147. The maximum absolute atomic E-state index is 10.9. The van der Waals surface area contributed by atoms with E-state index in [4.69, 9.17) is 0 Å². The van der Waals surface area contributed by atoms with E-state index in [2.05, 4.69) is 10.3 Å². The van der Waals surface area contributed by atoms with Crippen LogP contribution in [0, 0.1) is 10.1 Å². The molecule has 0 spiro atoms. The molecule has 1 N–H and O–H groups in total. The highest BCUT2D eigenvalue weighted by atomic mass is 32.1. The number of aromatic nitrogens is 1. The fourth-order valence-electron chi connectivity index (χ4n) is 2.14. The van der Waals surface area contributed by atoms with Crippen molar-refractivity contribution in [3.63, 3.8) is 0 Å². The lowest BCUT2D eigenvalue weighted by molar-refractivity contribution is -0.385. The number of hydrogen-bond acceptors (Lipinski definition) is 5. The molecule has 6 heteroatoms. The van der Waals surface area contributed by atoms with Crippen LogP contribution in [0.3, 0.4) is 0 Å². The maximum Gasteiger partial charge on any atom is 0.273 e. The molecule has 0 saturated carbocycles. The first-order valence-electron chi connectivity index (χ1n) is 6.51. The fraction of sp³-hybridized carbons (Fsp3) is 0.133. The Morgan fingerprint density at radius 2 is 1.86 bits per heavy atom. The highest BCUT2D eigenvalue weighted by Gasteiger charge is 2.11. The number of fused-ring (bicyclic) bond motifs is 1. The van der Waals surface area contributed by atoms with E-state index in [0.717, 1.165) is 15.2 Å². The molecule has 3 aromatic rings. The van der Waals surface area contributed by atoms with Crippen molar-refractivity contribution in [2.24, 2.45) is 0 Å². The van der Waals surface area contributed by atoms with Crippen LogP contribution in [0.25, 0.3) is 10.2 Å². The molecule has 0 unspecified atom stereocenters. The number of nitro groups is 1. The van der Waals surface area contributed by atoms with Gasteiger partial charge in [-0.1, -0.05) is 30.3 Å². The zero-order chi connectivity index (χ0) is 14.7. The van der Waals surface area contributed by atoms with Gasteiger partial charge in [0.05, 0.1) is 15.1 Å². The van der Waals surface area contributed by atoms with Crippen molar-refractivity contribution in [3.05, 3.63) is 69.2 Å². The molecule has 0 saturated heterocycles. The van der Waals surface area contributed by atoms with Crippen LogP contribution in [0.15, 0.2) is 48.5 Å². The van der Waals surface area contributed by atoms with Crippen molar-refractivity contribution in [2.75, 3.05) is 0 Å². The highest BCUT2D eigenvalue weighted by molar-refractivity contribution is 7.18. The van der Waals surface area contributed by atoms with E-state index in [1.807, 2.05) is 30.3 Å². The molecule has 0 fully saturated rings. The van der Waals surface area contributed by atoms with Crippen LogP contribution in [-0.2, 0) is 13.1 Å². The van der Waals surface area contributed by atoms with E-state index < -0.39 is 0 Å². The van der Waals surface area contributed by atoms with Gasteiger partial charge in [-0.2, -0.15) is 0 Å². The van der Waals surface area contributed by atoms with Crippen molar-refractivity contribution >= 4 is 27.2 Å². The lowest BCUT2D eigenvalue weighted by Gasteiger charge is -2.03. The first-order valence-corrected chi connectivity index (χ1v) is 7.33. The van der Waals surface area contributed by atoms with Gasteiger partial charge in [0.15, 0.2) is 0 Å². The molecule has 21 heavy (non-hydrogen) atoms. The minimum Gasteiger partial charge on any atom is -0.306 e. The molecule has 1 aromatic heterocycles. The van der Waals surface area contributed by atoms with Gasteiger partial charge in [-0.3, -0.25) is 10.1 Å². The third-order valence-corrected chi connectivity index (χ3v) is 4.15. The summed E-state index contributed by atoms with van der Waals surface area (Å²) in [6.07, 6.45) is 0. The summed E-state index contributed by atoms with van der Waals surface area (Å²) < 4.78 is 1.15. The van der Waals surface area contributed by atoms with E-state index in [1.54, 1.807) is 23.5 Å². The Balaban J connectivity index is 1.67. The predicted molar refractivity (Wildman–Crippen MR) is 83.3 cm³/mol. The van der Waals surface area contributed by atoms with Gasteiger partial charge >= 0.3 is 0 Å². The summed E-state index contributed by atoms with van der Waals surface area (Å²) in [5, 5.41) is 15.1. The number of benzene rings is 2. The molecule has 0 amide bonds. The van der Waals surface area contributed by atoms with Crippen molar-refractivity contribution in [1.29, 1.82) is 0 Å². The Morgan fingerprint density at radius 3 is 2.67 bits per heavy atom. The predicted octanol–water partition coefficient (Wildman–Crippen LogP) is 3.49. The molecular weight excluding hydrogens is 286 g/mol. The molecule has 1 heterocycles. The Morgan fingerprint density at radius 1 is 1.10 bits per heavy atom. The van der Waals surface area contributed by atoms with Crippen molar-refractivity contribution in [2.45, 2.75) is 13.1 Å². The SMILES string of the molecule is O=[N+]([O-])c1ccccc1CNCc1nc2ccccc2s1. The molecular formula is C15H13N3O2S. The number of nitrogens with one attached hydrogen (secondary N) is 1. The molecule has 5 nitrogen and oxygen atoms in total. The van der Waals surface area contributed by atoms with Gasteiger partial charge in [-0.15, -0.1) is 11.3 Å². The highest BCUT2D eigenvalue weighted by Crippen LogP contribution is 2.22. The fourth-order valence-corrected chi connectivity index (χ4v) is 3.08. The zero-order valence-corrected chi connectivity index (χ0v) is 12.0. The Hall–Kier alpha value is -2.31. The topological polar surface area (TPSA) is 68.1 Å². The molecule has 0 bridgehead atoms. The summed E-state index contributed by atoms with van der Waals surface area (Å²) in [7, 11) is 0. The molecule has 0 radical (unpaired) electrons. The summed E-state index contributed by atoms with van der Waals surface area (Å²) in [5.74, 6) is 0. The summed E-state index contributed by atoms with van der Waals surface area (Å²) in [6, 6.07) is 14.8. The summed E-state index contributed by atoms with van der Waals surface area (Å²) in [6.45, 7) is 1.05. The quantitative estimate of drug-likeness (QED) is 0.578. The third-order valence-electron chi connectivity index (χ3n) is 3.12. The number of nitro benzene ring substituents is 1. The number of hydrogen-bond donors (Lipinski definition) is 1. The van der Waals surface area contributed by atoms with Crippen molar-refractivity contribution < 1.29 is 4.92 Å². The van der Waals surface area contributed by atoms with Gasteiger partial charge in [-0.05, 0) is 12.1 Å². The number of rotatable bonds is 5. The van der Waals surface area contributed by atoms with Crippen LogP contribution in [0.2, 0.25) is 0 Å². The van der Waals surface area contributed by atoms with Gasteiger partial charge in [0, 0.05) is 24.7 Å². The summed E-state index contributed by atoms with van der Waals surface area (Å²) in [4.78, 5) is 15.1. The van der Waals surface area contributed by atoms with Crippen LogP contribution in [0.5, 0.6) is 0 Å². The molecule has 0 aliphatic heterocycles. The smallest absolute Gasteiger partial charge is 0.273 e. The lowest BCUT2D eigenvalue weighted by atomic mass is 10.2. The number of nitrogens with zero attached hydrogens (tertiary/aromatic N) is 2. The second-order valence-corrected chi connectivity index (χ2v) is 5.68. The minimum atomic E-state index is -0.352.